The molecule has 1 saturated carbocycles. The van der Waals surface area contributed by atoms with Gasteiger partial charge in [0.2, 0.25) is 0 Å². The number of fused-ring (bicyclic) bond motifs is 2. The van der Waals surface area contributed by atoms with Crippen LogP contribution in [0.2, 0.25) is 0 Å². The lowest BCUT2D eigenvalue weighted by molar-refractivity contribution is -0.139. The van der Waals surface area contributed by atoms with Gasteiger partial charge in [-0.05, 0) is 24.8 Å². The molecule has 0 aromatic carbocycles. The van der Waals surface area contributed by atoms with Crippen molar-refractivity contribution in [2.24, 2.45) is 17.8 Å². The first-order valence-electron chi connectivity index (χ1n) is 6.28. The van der Waals surface area contributed by atoms with Gasteiger partial charge in [0.15, 0.2) is 5.78 Å². The third-order valence-electron chi connectivity index (χ3n) is 4.60. The number of ketones is 1. The van der Waals surface area contributed by atoms with Gasteiger partial charge in [-0.25, -0.2) is 4.79 Å². The van der Waals surface area contributed by atoms with E-state index in [2.05, 4.69) is 6.58 Å². The summed E-state index contributed by atoms with van der Waals surface area (Å²) in [5.74, 6) is -0.961. The molecular formula is C14H16O4. The molecule has 4 heteroatoms. The molecule has 5 atom stereocenters. The Balaban J connectivity index is 2.00. The molecule has 1 N–H and O–H groups in total. The van der Waals surface area contributed by atoms with E-state index in [0.29, 0.717) is 12.0 Å². The minimum atomic E-state index is -1.38. The van der Waals surface area contributed by atoms with Crippen LogP contribution in [0.5, 0.6) is 0 Å². The summed E-state index contributed by atoms with van der Waals surface area (Å²) in [6.07, 6.45) is 3.92. The van der Waals surface area contributed by atoms with Gasteiger partial charge in [0.05, 0.1) is 0 Å². The molecule has 18 heavy (non-hydrogen) atoms. The zero-order valence-electron chi connectivity index (χ0n) is 10.3. The van der Waals surface area contributed by atoms with Crippen LogP contribution >= 0.6 is 0 Å². The lowest BCUT2D eigenvalue weighted by atomic mass is 9.78. The average Bonchev–Trinajstić information content (AvgIpc) is 2.69. The molecule has 0 spiro atoms. The Morgan fingerprint density at radius 1 is 1.50 bits per heavy atom. The van der Waals surface area contributed by atoms with E-state index in [4.69, 9.17) is 4.74 Å². The second-order valence-corrected chi connectivity index (χ2v) is 5.67. The topological polar surface area (TPSA) is 63.6 Å². The molecular weight excluding hydrogens is 232 g/mol. The number of esters is 1. The Kier molecular flexibility index (Phi) is 2.29. The minimum Gasteiger partial charge on any atom is -0.458 e. The van der Waals surface area contributed by atoms with Crippen LogP contribution in [0.4, 0.5) is 0 Å². The Morgan fingerprint density at radius 2 is 2.22 bits per heavy atom. The zero-order chi connectivity index (χ0) is 13.1. The van der Waals surface area contributed by atoms with Gasteiger partial charge in [-0.3, -0.25) is 4.79 Å². The normalized spacial score (nSPS) is 46.7. The van der Waals surface area contributed by atoms with Crippen molar-refractivity contribution in [3.63, 3.8) is 0 Å². The van der Waals surface area contributed by atoms with E-state index in [0.717, 1.165) is 0 Å². The number of carbonyl (C=O) groups excluding carboxylic acids is 2. The summed E-state index contributed by atoms with van der Waals surface area (Å²) >= 11 is 0. The van der Waals surface area contributed by atoms with Gasteiger partial charge < -0.3 is 9.84 Å². The Bertz CT molecular complexity index is 478. The highest BCUT2D eigenvalue weighted by Gasteiger charge is 2.55. The van der Waals surface area contributed by atoms with Crippen LogP contribution < -0.4 is 0 Å². The second kappa shape index (κ2) is 3.54. The van der Waals surface area contributed by atoms with Crippen LogP contribution in [-0.2, 0) is 14.3 Å². The van der Waals surface area contributed by atoms with E-state index in [1.807, 2.05) is 6.92 Å². The van der Waals surface area contributed by atoms with Gasteiger partial charge in [0.1, 0.15) is 11.7 Å². The number of hydrogen-bond acceptors (Lipinski definition) is 4. The van der Waals surface area contributed by atoms with Gasteiger partial charge in [-0.2, -0.15) is 0 Å². The molecule has 3 rings (SSSR count). The second-order valence-electron chi connectivity index (χ2n) is 5.67. The van der Waals surface area contributed by atoms with E-state index in [9.17, 15) is 14.7 Å². The van der Waals surface area contributed by atoms with Crippen molar-refractivity contribution < 1.29 is 19.4 Å². The van der Waals surface area contributed by atoms with Gasteiger partial charge in [-0.1, -0.05) is 19.6 Å². The first-order valence-corrected chi connectivity index (χ1v) is 6.28. The van der Waals surface area contributed by atoms with Crippen LogP contribution in [0.15, 0.2) is 24.3 Å². The van der Waals surface area contributed by atoms with E-state index in [-0.39, 0.29) is 36.1 Å². The van der Waals surface area contributed by atoms with Gasteiger partial charge >= 0.3 is 5.97 Å². The largest absolute Gasteiger partial charge is 0.458 e. The van der Waals surface area contributed by atoms with Crippen LogP contribution in [-0.4, -0.2) is 28.6 Å². The van der Waals surface area contributed by atoms with Crippen molar-refractivity contribution >= 4 is 11.8 Å². The van der Waals surface area contributed by atoms with Gasteiger partial charge in [-0.15, -0.1) is 0 Å². The summed E-state index contributed by atoms with van der Waals surface area (Å²) in [6.45, 7) is 5.72. The number of ether oxygens (including phenoxy) is 1. The van der Waals surface area contributed by atoms with Crippen LogP contribution in [0.3, 0.4) is 0 Å². The summed E-state index contributed by atoms with van der Waals surface area (Å²) in [7, 11) is 0. The highest BCUT2D eigenvalue weighted by molar-refractivity contribution is 6.00. The predicted molar refractivity (Wildman–Crippen MR) is 63.5 cm³/mol. The third-order valence-corrected chi connectivity index (χ3v) is 4.60. The maximum Gasteiger partial charge on any atom is 0.334 e. The first-order chi connectivity index (χ1) is 8.43. The van der Waals surface area contributed by atoms with Crippen molar-refractivity contribution in [2.45, 2.75) is 31.5 Å². The first kappa shape index (κ1) is 11.7. The van der Waals surface area contributed by atoms with Gasteiger partial charge in [0.25, 0.3) is 0 Å². The number of hydrogen-bond donors (Lipinski definition) is 1. The summed E-state index contributed by atoms with van der Waals surface area (Å²) in [4.78, 5) is 23.4. The molecule has 2 fully saturated rings. The van der Waals surface area contributed by atoms with E-state index < -0.39 is 11.6 Å². The lowest BCUT2D eigenvalue weighted by Gasteiger charge is -2.30. The molecule has 1 heterocycles. The molecule has 3 aliphatic rings. The smallest absolute Gasteiger partial charge is 0.334 e. The maximum atomic E-state index is 11.9. The molecule has 96 valence electrons. The fraction of sp³-hybridized carbons (Fsp3) is 0.571. The molecule has 2 aliphatic carbocycles. The third kappa shape index (κ3) is 1.35. The summed E-state index contributed by atoms with van der Waals surface area (Å²) in [6, 6.07) is 0. The Labute approximate surface area is 105 Å². The highest BCUT2D eigenvalue weighted by Crippen LogP contribution is 2.48. The summed E-state index contributed by atoms with van der Waals surface area (Å²) < 4.78 is 5.29. The molecule has 0 unspecified atom stereocenters. The monoisotopic (exact) mass is 248 g/mol. The fourth-order valence-corrected chi connectivity index (χ4v) is 3.54. The molecule has 0 radical (unpaired) electrons. The predicted octanol–water partition coefficient (Wildman–Crippen LogP) is 1.00. The van der Waals surface area contributed by atoms with E-state index in [1.165, 1.54) is 6.08 Å². The van der Waals surface area contributed by atoms with Crippen molar-refractivity contribution in [1.82, 2.24) is 0 Å². The zero-order valence-corrected chi connectivity index (χ0v) is 10.3. The van der Waals surface area contributed by atoms with Crippen LogP contribution in [0.25, 0.3) is 0 Å². The van der Waals surface area contributed by atoms with Crippen molar-refractivity contribution in [3.05, 3.63) is 24.3 Å². The quantitative estimate of drug-likeness (QED) is 0.513. The summed E-state index contributed by atoms with van der Waals surface area (Å²) in [5, 5.41) is 10.7. The average molecular weight is 248 g/mol. The highest BCUT2D eigenvalue weighted by atomic mass is 16.6. The summed E-state index contributed by atoms with van der Waals surface area (Å²) in [5.41, 5.74) is -0.989. The number of carbonyl (C=O) groups is 2. The van der Waals surface area contributed by atoms with Crippen LogP contribution in [0, 0.1) is 17.8 Å². The van der Waals surface area contributed by atoms with Crippen molar-refractivity contribution in [1.29, 1.82) is 0 Å². The standard InChI is InChI=1S/C14H16O4/c1-7-5-11-9(8(2)13(16)18-11)6-14(17)10(7)3-4-12(14)15/h3-4,7,9-11,17H,2,5-6H2,1H3/t7-,9-,10+,11-,14+/m1/s1. The Hall–Kier alpha value is -1.42. The number of rotatable bonds is 0. The van der Waals surface area contributed by atoms with Crippen molar-refractivity contribution in [3.8, 4) is 0 Å². The lowest BCUT2D eigenvalue weighted by Crippen LogP contribution is -2.43. The molecule has 1 aliphatic heterocycles. The number of aliphatic hydroxyl groups is 1. The Morgan fingerprint density at radius 3 is 2.94 bits per heavy atom. The molecule has 0 amide bonds. The fourth-order valence-electron chi connectivity index (χ4n) is 3.54. The molecule has 1 saturated heterocycles. The van der Waals surface area contributed by atoms with Gasteiger partial charge in [0, 0.05) is 17.4 Å². The van der Waals surface area contributed by atoms with E-state index in [1.54, 1.807) is 6.08 Å². The minimum absolute atomic E-state index is 0.103. The van der Waals surface area contributed by atoms with E-state index >= 15 is 0 Å². The molecule has 0 aromatic heterocycles. The van der Waals surface area contributed by atoms with Crippen molar-refractivity contribution in [2.75, 3.05) is 0 Å². The van der Waals surface area contributed by atoms with Crippen LogP contribution in [0.1, 0.15) is 19.8 Å². The molecule has 4 nitrogen and oxygen atoms in total. The maximum absolute atomic E-state index is 11.9. The SMILES string of the molecule is C=C1C(=O)O[C@@H]2C[C@@H](C)[C@@H]3C=CC(=O)[C@]3(O)C[C@H]12. The molecule has 0 bridgehead atoms. The molecule has 0 aromatic rings.